The number of hydrogen-bond acceptors (Lipinski definition) is 3. The molecule has 2 bridgehead atoms. The molecule has 4 nitrogen and oxygen atoms in total. The summed E-state index contributed by atoms with van der Waals surface area (Å²) in [5.74, 6) is 0.778. The number of nitrogens with zero attached hydrogens (tertiary/aromatic N) is 1. The lowest BCUT2D eigenvalue weighted by molar-refractivity contribution is -0.136. The average Bonchev–Trinajstić information content (AvgIpc) is 2.99. The maximum absolute atomic E-state index is 13.1. The zero-order valence-corrected chi connectivity index (χ0v) is 15.3. The van der Waals surface area contributed by atoms with Crippen LogP contribution in [0.15, 0.2) is 24.3 Å². The van der Waals surface area contributed by atoms with E-state index >= 15 is 0 Å². The van der Waals surface area contributed by atoms with Crippen molar-refractivity contribution in [1.82, 2.24) is 4.90 Å². The Bertz CT molecular complexity index is 709. The van der Waals surface area contributed by atoms with E-state index in [-0.39, 0.29) is 17.7 Å². The third-order valence-electron chi connectivity index (χ3n) is 6.61. The van der Waals surface area contributed by atoms with Gasteiger partial charge in [-0.15, -0.1) is 0 Å². The van der Waals surface area contributed by atoms with E-state index < -0.39 is 17.8 Å². The van der Waals surface area contributed by atoms with Gasteiger partial charge in [0.1, 0.15) is 6.10 Å². The minimum Gasteiger partial charge on any atom is -0.446 e. The summed E-state index contributed by atoms with van der Waals surface area (Å²) in [4.78, 5) is 14.9. The predicted octanol–water partition coefficient (Wildman–Crippen LogP) is 4.91. The van der Waals surface area contributed by atoms with Crippen LogP contribution in [0.3, 0.4) is 0 Å². The fraction of sp³-hybridized carbons (Fsp3) is 0.650. The van der Waals surface area contributed by atoms with Crippen LogP contribution in [0.1, 0.15) is 44.6 Å². The number of fused-ring (bicyclic) bond motifs is 4. The van der Waals surface area contributed by atoms with Gasteiger partial charge in [-0.3, -0.25) is 10.2 Å². The van der Waals surface area contributed by atoms with Gasteiger partial charge in [0.15, 0.2) is 0 Å². The van der Waals surface area contributed by atoms with Gasteiger partial charge in [-0.25, -0.2) is 4.79 Å². The van der Waals surface area contributed by atoms with E-state index in [1.807, 2.05) is 0 Å². The number of alkyl halides is 3. The molecule has 148 valence electrons. The van der Waals surface area contributed by atoms with E-state index in [1.54, 1.807) is 0 Å². The second-order valence-electron chi connectivity index (χ2n) is 8.05. The van der Waals surface area contributed by atoms with Gasteiger partial charge >= 0.3 is 12.3 Å². The molecular formula is C20H25F3N2O2. The van der Waals surface area contributed by atoms with Crippen LogP contribution < -0.4 is 5.32 Å². The third kappa shape index (κ3) is 3.53. The number of ether oxygens (including phenoxy) is 1. The first-order valence-corrected chi connectivity index (χ1v) is 9.74. The number of carbonyl (C=O) groups is 1. The Hall–Kier alpha value is -1.76. The molecule has 0 spiro atoms. The van der Waals surface area contributed by atoms with E-state index in [0.717, 1.165) is 31.9 Å². The van der Waals surface area contributed by atoms with Crippen LogP contribution in [0.5, 0.6) is 0 Å². The largest absolute Gasteiger partial charge is 0.446 e. The topological polar surface area (TPSA) is 41.6 Å². The number of piperidine rings is 2. The van der Waals surface area contributed by atoms with Crippen molar-refractivity contribution in [2.75, 3.05) is 11.9 Å². The first kappa shape index (κ1) is 18.6. The van der Waals surface area contributed by atoms with Crippen molar-refractivity contribution in [3.8, 4) is 0 Å². The van der Waals surface area contributed by atoms with Crippen LogP contribution in [-0.2, 0) is 10.9 Å². The number of carbonyl (C=O) groups excluding carboxylic acids is 1. The first-order chi connectivity index (χ1) is 12.8. The van der Waals surface area contributed by atoms with E-state index in [1.165, 1.54) is 31.0 Å². The van der Waals surface area contributed by atoms with Crippen LogP contribution >= 0.6 is 0 Å². The molecular weight excluding hydrogens is 357 g/mol. The molecule has 1 aromatic carbocycles. The van der Waals surface area contributed by atoms with Gasteiger partial charge in [-0.2, -0.15) is 13.2 Å². The second-order valence-corrected chi connectivity index (χ2v) is 8.05. The summed E-state index contributed by atoms with van der Waals surface area (Å²) >= 11 is 0. The molecule has 2 heterocycles. The third-order valence-corrected chi connectivity index (χ3v) is 6.61. The zero-order chi connectivity index (χ0) is 19.2. The molecule has 0 aromatic heterocycles. The summed E-state index contributed by atoms with van der Waals surface area (Å²) < 4.78 is 45.0. The normalized spacial score (nSPS) is 33.4. The van der Waals surface area contributed by atoms with Crippen molar-refractivity contribution < 1.29 is 22.7 Å². The molecule has 3 fully saturated rings. The van der Waals surface area contributed by atoms with Crippen molar-refractivity contribution in [2.24, 2.45) is 11.8 Å². The summed E-state index contributed by atoms with van der Waals surface area (Å²) in [5.41, 5.74) is -1.12. The fourth-order valence-corrected chi connectivity index (χ4v) is 5.34. The molecule has 0 radical (unpaired) electrons. The molecule has 2 aliphatic heterocycles. The molecule has 7 heteroatoms. The van der Waals surface area contributed by atoms with E-state index in [4.69, 9.17) is 4.74 Å². The number of nitrogens with one attached hydrogen (secondary N) is 1. The molecule has 1 N–H and O–H groups in total. The number of para-hydroxylation sites is 1. The highest BCUT2D eigenvalue weighted by Crippen LogP contribution is 2.48. The van der Waals surface area contributed by atoms with Crippen LogP contribution in [-0.4, -0.2) is 35.7 Å². The summed E-state index contributed by atoms with van der Waals surface area (Å²) in [5, 5.41) is 2.31. The fourth-order valence-electron chi connectivity index (χ4n) is 5.34. The first-order valence-electron chi connectivity index (χ1n) is 9.74. The Morgan fingerprint density at radius 1 is 1.22 bits per heavy atom. The van der Waals surface area contributed by atoms with Crippen LogP contribution in [0.2, 0.25) is 0 Å². The zero-order valence-electron chi connectivity index (χ0n) is 15.3. The average molecular weight is 382 g/mol. The van der Waals surface area contributed by atoms with Gasteiger partial charge in [-0.1, -0.05) is 18.6 Å². The summed E-state index contributed by atoms with van der Waals surface area (Å²) in [6, 6.07) is 5.89. The van der Waals surface area contributed by atoms with Gasteiger partial charge in [-0.05, 0) is 57.2 Å². The highest BCUT2D eigenvalue weighted by atomic mass is 19.4. The van der Waals surface area contributed by atoms with Gasteiger partial charge in [0.25, 0.3) is 0 Å². The Balaban J connectivity index is 1.45. The number of anilines is 1. The molecule has 5 atom stereocenters. The van der Waals surface area contributed by atoms with Gasteiger partial charge in [0, 0.05) is 18.0 Å². The van der Waals surface area contributed by atoms with Crippen LogP contribution in [0, 0.1) is 11.8 Å². The molecule has 1 saturated carbocycles. The molecule has 1 aromatic rings. The minimum absolute atomic E-state index is 0.219. The molecule has 27 heavy (non-hydrogen) atoms. The Morgan fingerprint density at radius 2 is 2.00 bits per heavy atom. The van der Waals surface area contributed by atoms with Crippen LogP contribution in [0.25, 0.3) is 0 Å². The Kier molecular flexibility index (Phi) is 4.82. The lowest BCUT2D eigenvalue weighted by Gasteiger charge is -2.47. The number of hydrogen-bond donors (Lipinski definition) is 1. The predicted molar refractivity (Wildman–Crippen MR) is 95.4 cm³/mol. The van der Waals surface area contributed by atoms with Gasteiger partial charge in [0.2, 0.25) is 0 Å². The number of rotatable bonds is 2. The highest BCUT2D eigenvalue weighted by Gasteiger charge is 2.51. The standard InChI is InChI=1S/C20H25F3N2O2/c1-12-13-10-14(17-8-4-5-9-25(12)17)18(11-13)27-19(26)24-16-7-3-2-6-15(16)20(21,22)23/h2-3,6-7,12-14,17-18H,4-5,8-11H2,1H3,(H,24,26)/t12-,13?,14?,17+,18?/m0/s1. The summed E-state index contributed by atoms with van der Waals surface area (Å²) in [7, 11) is 0. The second kappa shape index (κ2) is 7.00. The lowest BCUT2D eigenvalue weighted by atomic mass is 9.81. The number of amides is 1. The molecule has 3 aliphatic rings. The van der Waals surface area contributed by atoms with Crippen molar-refractivity contribution >= 4 is 11.8 Å². The molecule has 1 aliphatic carbocycles. The number of halogens is 3. The van der Waals surface area contributed by atoms with Crippen LogP contribution in [0.4, 0.5) is 23.7 Å². The van der Waals surface area contributed by atoms with Gasteiger partial charge in [0.05, 0.1) is 11.3 Å². The highest BCUT2D eigenvalue weighted by molar-refractivity contribution is 5.86. The lowest BCUT2D eigenvalue weighted by Crippen LogP contribution is -2.54. The van der Waals surface area contributed by atoms with E-state index in [2.05, 4.69) is 17.1 Å². The SMILES string of the molecule is C[C@H]1C2CC(OC(=O)Nc3ccccc3C(F)(F)F)C(C2)[C@H]2CCCCN21. The van der Waals surface area contributed by atoms with Crippen molar-refractivity contribution in [2.45, 2.75) is 63.4 Å². The smallest absolute Gasteiger partial charge is 0.418 e. The molecule has 1 amide bonds. The van der Waals surface area contributed by atoms with Crippen molar-refractivity contribution in [1.29, 1.82) is 0 Å². The van der Waals surface area contributed by atoms with E-state index in [9.17, 15) is 18.0 Å². The van der Waals surface area contributed by atoms with E-state index in [0.29, 0.717) is 18.0 Å². The van der Waals surface area contributed by atoms with Crippen molar-refractivity contribution in [3.05, 3.63) is 29.8 Å². The molecule has 3 unspecified atom stereocenters. The Labute approximate surface area is 157 Å². The van der Waals surface area contributed by atoms with Gasteiger partial charge < -0.3 is 4.74 Å². The maximum atomic E-state index is 13.1. The van der Waals surface area contributed by atoms with Crippen molar-refractivity contribution in [3.63, 3.8) is 0 Å². The monoisotopic (exact) mass is 382 g/mol. The molecule has 2 saturated heterocycles. The molecule has 4 rings (SSSR count). The summed E-state index contributed by atoms with van der Waals surface area (Å²) in [6.07, 6.45) is -0.186. The quantitative estimate of drug-likeness (QED) is 0.791. The maximum Gasteiger partial charge on any atom is 0.418 e. The Morgan fingerprint density at radius 3 is 2.78 bits per heavy atom. The number of benzene rings is 1. The minimum atomic E-state index is -4.52. The summed E-state index contributed by atoms with van der Waals surface area (Å²) in [6.45, 7) is 3.35.